The second kappa shape index (κ2) is 5.07. The molecule has 0 aliphatic heterocycles. The molecule has 0 saturated heterocycles. The van der Waals surface area contributed by atoms with Crippen molar-refractivity contribution in [1.29, 1.82) is 0 Å². The first-order chi connectivity index (χ1) is 8.25. The first kappa shape index (κ1) is 11.1. The SMILES string of the molecule is Nc1cccc(C(=O)NCc2cnccn2)c1. The number of nitrogens with two attached hydrogens (primary N) is 1. The van der Waals surface area contributed by atoms with Gasteiger partial charge in [-0.1, -0.05) is 6.07 Å². The van der Waals surface area contributed by atoms with E-state index in [-0.39, 0.29) is 5.91 Å². The fraction of sp³-hybridized carbons (Fsp3) is 0.0833. The van der Waals surface area contributed by atoms with Crippen LogP contribution in [0.15, 0.2) is 42.9 Å². The van der Waals surface area contributed by atoms with E-state index in [1.165, 1.54) is 0 Å². The number of hydrogen-bond donors (Lipinski definition) is 2. The summed E-state index contributed by atoms with van der Waals surface area (Å²) in [6.07, 6.45) is 4.78. The molecule has 0 radical (unpaired) electrons. The topological polar surface area (TPSA) is 80.9 Å². The Hall–Kier alpha value is -2.43. The third-order valence-corrected chi connectivity index (χ3v) is 2.20. The summed E-state index contributed by atoms with van der Waals surface area (Å²) in [6.45, 7) is 0.349. The lowest BCUT2D eigenvalue weighted by Gasteiger charge is -2.04. The van der Waals surface area contributed by atoms with Crippen LogP contribution in [0.3, 0.4) is 0 Å². The van der Waals surface area contributed by atoms with Gasteiger partial charge in [0.2, 0.25) is 0 Å². The normalized spacial score (nSPS) is 9.88. The smallest absolute Gasteiger partial charge is 0.251 e. The monoisotopic (exact) mass is 228 g/mol. The zero-order valence-corrected chi connectivity index (χ0v) is 9.13. The van der Waals surface area contributed by atoms with E-state index in [0.717, 1.165) is 0 Å². The second-order valence-corrected chi connectivity index (χ2v) is 3.50. The first-order valence-corrected chi connectivity index (χ1v) is 5.14. The highest BCUT2D eigenvalue weighted by Gasteiger charge is 2.05. The molecule has 0 saturated carbocycles. The number of carbonyl (C=O) groups excluding carboxylic acids is 1. The van der Waals surface area contributed by atoms with Gasteiger partial charge in [-0.15, -0.1) is 0 Å². The summed E-state index contributed by atoms with van der Waals surface area (Å²) in [4.78, 5) is 19.7. The molecule has 1 heterocycles. The Balaban J connectivity index is 1.98. The molecule has 0 fully saturated rings. The van der Waals surface area contributed by atoms with Gasteiger partial charge in [0.15, 0.2) is 0 Å². The molecular weight excluding hydrogens is 216 g/mol. The van der Waals surface area contributed by atoms with Gasteiger partial charge < -0.3 is 11.1 Å². The van der Waals surface area contributed by atoms with Crippen molar-refractivity contribution in [3.8, 4) is 0 Å². The highest BCUT2D eigenvalue weighted by Crippen LogP contribution is 2.06. The van der Waals surface area contributed by atoms with E-state index >= 15 is 0 Å². The lowest BCUT2D eigenvalue weighted by molar-refractivity contribution is 0.0950. The van der Waals surface area contributed by atoms with Gasteiger partial charge >= 0.3 is 0 Å². The van der Waals surface area contributed by atoms with Crippen LogP contribution in [0.4, 0.5) is 5.69 Å². The molecule has 0 aliphatic rings. The fourth-order valence-corrected chi connectivity index (χ4v) is 1.37. The molecule has 2 rings (SSSR count). The third-order valence-electron chi connectivity index (χ3n) is 2.20. The molecule has 3 N–H and O–H groups in total. The fourth-order valence-electron chi connectivity index (χ4n) is 1.37. The van der Waals surface area contributed by atoms with E-state index in [1.54, 1.807) is 42.9 Å². The summed E-state index contributed by atoms with van der Waals surface area (Å²) >= 11 is 0. The van der Waals surface area contributed by atoms with Gasteiger partial charge in [0.05, 0.1) is 18.4 Å². The van der Waals surface area contributed by atoms with Crippen LogP contribution in [0.25, 0.3) is 0 Å². The van der Waals surface area contributed by atoms with Gasteiger partial charge in [0.25, 0.3) is 5.91 Å². The molecule has 2 aromatic rings. The quantitative estimate of drug-likeness (QED) is 0.767. The van der Waals surface area contributed by atoms with Crippen molar-refractivity contribution in [3.05, 3.63) is 54.1 Å². The molecule has 1 aromatic carbocycles. The minimum absolute atomic E-state index is 0.178. The highest BCUT2D eigenvalue weighted by atomic mass is 16.1. The number of nitrogen functional groups attached to an aromatic ring is 1. The number of hydrogen-bond acceptors (Lipinski definition) is 4. The molecule has 0 bridgehead atoms. The van der Waals surface area contributed by atoms with E-state index in [1.807, 2.05) is 0 Å². The predicted molar refractivity (Wildman–Crippen MR) is 64.1 cm³/mol. The standard InChI is InChI=1S/C12H12N4O/c13-10-3-1-2-9(6-10)12(17)16-8-11-7-14-4-5-15-11/h1-7H,8,13H2,(H,16,17). The molecule has 0 spiro atoms. The Morgan fingerprint density at radius 2 is 2.24 bits per heavy atom. The van der Waals surface area contributed by atoms with Crippen LogP contribution in [0, 0.1) is 0 Å². The number of anilines is 1. The van der Waals surface area contributed by atoms with E-state index in [0.29, 0.717) is 23.5 Å². The van der Waals surface area contributed by atoms with Crippen molar-refractivity contribution >= 4 is 11.6 Å². The van der Waals surface area contributed by atoms with Crippen molar-refractivity contribution in [1.82, 2.24) is 15.3 Å². The largest absolute Gasteiger partial charge is 0.399 e. The van der Waals surface area contributed by atoms with Crippen molar-refractivity contribution in [2.45, 2.75) is 6.54 Å². The van der Waals surface area contributed by atoms with E-state index in [2.05, 4.69) is 15.3 Å². The molecule has 5 nitrogen and oxygen atoms in total. The number of carbonyl (C=O) groups is 1. The van der Waals surface area contributed by atoms with Gasteiger partial charge in [-0.3, -0.25) is 14.8 Å². The molecule has 86 valence electrons. The minimum atomic E-state index is -0.178. The molecule has 1 aromatic heterocycles. The van der Waals surface area contributed by atoms with Gasteiger partial charge in [0.1, 0.15) is 0 Å². The van der Waals surface area contributed by atoms with Crippen LogP contribution in [0.5, 0.6) is 0 Å². The summed E-state index contributed by atoms with van der Waals surface area (Å²) in [5.74, 6) is -0.178. The van der Waals surface area contributed by atoms with Crippen LogP contribution < -0.4 is 11.1 Å². The summed E-state index contributed by atoms with van der Waals surface area (Å²) in [5.41, 5.74) is 7.42. The number of nitrogens with zero attached hydrogens (tertiary/aromatic N) is 2. The summed E-state index contributed by atoms with van der Waals surface area (Å²) < 4.78 is 0. The third kappa shape index (κ3) is 3.01. The minimum Gasteiger partial charge on any atom is -0.399 e. The number of nitrogens with one attached hydrogen (secondary N) is 1. The van der Waals surface area contributed by atoms with Crippen molar-refractivity contribution < 1.29 is 4.79 Å². The Morgan fingerprint density at radius 3 is 2.94 bits per heavy atom. The Kier molecular flexibility index (Phi) is 3.30. The number of aromatic nitrogens is 2. The lowest BCUT2D eigenvalue weighted by Crippen LogP contribution is -2.23. The molecular formula is C12H12N4O. The van der Waals surface area contributed by atoms with Crippen LogP contribution in [-0.2, 0) is 6.54 Å². The average molecular weight is 228 g/mol. The van der Waals surface area contributed by atoms with E-state index in [4.69, 9.17) is 5.73 Å². The van der Waals surface area contributed by atoms with Crippen LogP contribution >= 0.6 is 0 Å². The maximum Gasteiger partial charge on any atom is 0.251 e. The lowest BCUT2D eigenvalue weighted by atomic mass is 10.2. The second-order valence-electron chi connectivity index (χ2n) is 3.50. The van der Waals surface area contributed by atoms with Gasteiger partial charge in [-0.05, 0) is 18.2 Å². The van der Waals surface area contributed by atoms with Gasteiger partial charge in [-0.25, -0.2) is 0 Å². The number of benzene rings is 1. The molecule has 0 atom stereocenters. The number of rotatable bonds is 3. The zero-order valence-electron chi connectivity index (χ0n) is 9.13. The molecule has 17 heavy (non-hydrogen) atoms. The summed E-state index contributed by atoms with van der Waals surface area (Å²) in [6, 6.07) is 6.82. The Bertz CT molecular complexity index is 513. The van der Waals surface area contributed by atoms with Gasteiger partial charge in [-0.2, -0.15) is 0 Å². The highest BCUT2D eigenvalue weighted by molar-refractivity contribution is 5.94. The summed E-state index contributed by atoms with van der Waals surface area (Å²) in [7, 11) is 0. The Labute approximate surface area is 98.7 Å². The van der Waals surface area contributed by atoms with Crippen LogP contribution in [0.1, 0.15) is 16.1 Å². The molecule has 1 amide bonds. The molecule has 0 aliphatic carbocycles. The van der Waals surface area contributed by atoms with Crippen molar-refractivity contribution in [2.75, 3.05) is 5.73 Å². The maximum atomic E-state index is 11.8. The maximum absolute atomic E-state index is 11.8. The first-order valence-electron chi connectivity index (χ1n) is 5.14. The average Bonchev–Trinajstić information content (AvgIpc) is 2.37. The van der Waals surface area contributed by atoms with Crippen LogP contribution in [-0.4, -0.2) is 15.9 Å². The summed E-state index contributed by atoms with van der Waals surface area (Å²) in [5, 5.41) is 2.75. The van der Waals surface area contributed by atoms with Gasteiger partial charge in [0, 0.05) is 23.6 Å². The van der Waals surface area contributed by atoms with Crippen molar-refractivity contribution in [2.24, 2.45) is 0 Å². The zero-order chi connectivity index (χ0) is 12.1. The van der Waals surface area contributed by atoms with E-state index in [9.17, 15) is 4.79 Å². The molecule has 5 heteroatoms. The van der Waals surface area contributed by atoms with Crippen molar-refractivity contribution in [3.63, 3.8) is 0 Å². The number of amides is 1. The molecule has 0 unspecified atom stereocenters. The van der Waals surface area contributed by atoms with Crippen LogP contribution in [0.2, 0.25) is 0 Å². The predicted octanol–water partition coefficient (Wildman–Crippen LogP) is 0.989. The van der Waals surface area contributed by atoms with E-state index < -0.39 is 0 Å². The Morgan fingerprint density at radius 1 is 1.35 bits per heavy atom.